The zero-order chi connectivity index (χ0) is 14.7. The average Bonchev–Trinajstić information content (AvgIpc) is 2.52. The van der Waals surface area contributed by atoms with E-state index < -0.39 is 0 Å². The number of carbonyl (C=O) groups excluding carboxylic acids is 1. The SMILES string of the molecule is O=C(COc1cccc(Cl)c1)c1cccc2cccnc12. The number of para-hydroxylation sites is 1. The molecule has 0 bridgehead atoms. The normalized spacial score (nSPS) is 10.5. The summed E-state index contributed by atoms with van der Waals surface area (Å²) in [6.45, 7) is -0.0456. The summed E-state index contributed by atoms with van der Waals surface area (Å²) in [4.78, 5) is 16.6. The molecule has 104 valence electrons. The second kappa shape index (κ2) is 5.94. The molecule has 0 fully saturated rings. The highest BCUT2D eigenvalue weighted by atomic mass is 35.5. The lowest BCUT2D eigenvalue weighted by Crippen LogP contribution is -2.12. The number of halogens is 1. The summed E-state index contributed by atoms with van der Waals surface area (Å²) in [6.07, 6.45) is 1.68. The second-order valence-electron chi connectivity index (χ2n) is 4.55. The van der Waals surface area contributed by atoms with E-state index in [1.165, 1.54) is 0 Å². The van der Waals surface area contributed by atoms with E-state index in [9.17, 15) is 4.79 Å². The third-order valence-electron chi connectivity index (χ3n) is 3.10. The predicted molar refractivity (Wildman–Crippen MR) is 83.0 cm³/mol. The van der Waals surface area contributed by atoms with Crippen molar-refractivity contribution in [3.63, 3.8) is 0 Å². The van der Waals surface area contributed by atoms with Crippen LogP contribution in [0.1, 0.15) is 10.4 Å². The number of benzene rings is 2. The van der Waals surface area contributed by atoms with Gasteiger partial charge in [-0.3, -0.25) is 9.78 Å². The van der Waals surface area contributed by atoms with Crippen LogP contribution in [0.2, 0.25) is 5.02 Å². The summed E-state index contributed by atoms with van der Waals surface area (Å²) < 4.78 is 5.49. The number of rotatable bonds is 4. The Bertz CT molecular complexity index is 796. The van der Waals surface area contributed by atoms with Gasteiger partial charge >= 0.3 is 0 Å². The number of hydrogen-bond donors (Lipinski definition) is 0. The van der Waals surface area contributed by atoms with Gasteiger partial charge in [0.2, 0.25) is 5.78 Å². The lowest BCUT2D eigenvalue weighted by atomic mass is 10.1. The molecule has 0 N–H and O–H groups in total. The number of aromatic nitrogens is 1. The molecule has 0 aliphatic rings. The van der Waals surface area contributed by atoms with Crippen molar-refractivity contribution in [2.24, 2.45) is 0 Å². The second-order valence-corrected chi connectivity index (χ2v) is 4.99. The van der Waals surface area contributed by atoms with Crippen molar-refractivity contribution >= 4 is 28.3 Å². The average molecular weight is 298 g/mol. The van der Waals surface area contributed by atoms with E-state index >= 15 is 0 Å². The Morgan fingerprint density at radius 3 is 2.76 bits per heavy atom. The zero-order valence-electron chi connectivity index (χ0n) is 11.1. The van der Waals surface area contributed by atoms with E-state index in [-0.39, 0.29) is 12.4 Å². The Balaban J connectivity index is 1.81. The van der Waals surface area contributed by atoms with E-state index in [1.54, 1.807) is 36.5 Å². The van der Waals surface area contributed by atoms with Crippen LogP contribution in [0.5, 0.6) is 5.75 Å². The fourth-order valence-electron chi connectivity index (χ4n) is 2.11. The summed E-state index contributed by atoms with van der Waals surface area (Å²) in [5.41, 5.74) is 1.26. The molecule has 0 amide bonds. The number of fused-ring (bicyclic) bond motifs is 1. The quantitative estimate of drug-likeness (QED) is 0.679. The van der Waals surface area contributed by atoms with Gasteiger partial charge in [0, 0.05) is 22.2 Å². The largest absolute Gasteiger partial charge is 0.485 e. The fraction of sp³-hybridized carbons (Fsp3) is 0.0588. The van der Waals surface area contributed by atoms with Crippen LogP contribution in [0, 0.1) is 0 Å². The molecule has 0 unspecified atom stereocenters. The lowest BCUT2D eigenvalue weighted by Gasteiger charge is -2.07. The van der Waals surface area contributed by atoms with Crippen LogP contribution in [0.25, 0.3) is 10.9 Å². The van der Waals surface area contributed by atoms with Crippen molar-refractivity contribution in [2.45, 2.75) is 0 Å². The topological polar surface area (TPSA) is 39.2 Å². The highest BCUT2D eigenvalue weighted by Crippen LogP contribution is 2.19. The molecule has 0 radical (unpaired) electrons. The molecule has 0 saturated heterocycles. The molecule has 1 aromatic heterocycles. The molecule has 2 aromatic carbocycles. The molecule has 21 heavy (non-hydrogen) atoms. The Morgan fingerprint density at radius 1 is 1.10 bits per heavy atom. The van der Waals surface area contributed by atoms with Crippen LogP contribution in [-0.4, -0.2) is 17.4 Å². The smallest absolute Gasteiger partial charge is 0.202 e. The van der Waals surface area contributed by atoms with E-state index in [1.807, 2.05) is 24.3 Å². The first-order valence-corrected chi connectivity index (χ1v) is 6.87. The summed E-state index contributed by atoms with van der Waals surface area (Å²) >= 11 is 5.88. The number of ether oxygens (including phenoxy) is 1. The van der Waals surface area contributed by atoms with Gasteiger partial charge in [0.1, 0.15) is 5.75 Å². The number of nitrogens with zero attached hydrogens (tertiary/aromatic N) is 1. The standard InChI is InChI=1S/C17H12ClNO2/c18-13-6-2-7-14(10-13)21-11-16(20)15-8-1-4-12-5-3-9-19-17(12)15/h1-10H,11H2. The maximum absolute atomic E-state index is 12.3. The van der Waals surface area contributed by atoms with Gasteiger partial charge in [0.15, 0.2) is 6.61 Å². The van der Waals surface area contributed by atoms with Gasteiger partial charge in [-0.25, -0.2) is 0 Å². The molecule has 3 nitrogen and oxygen atoms in total. The van der Waals surface area contributed by atoms with Gasteiger partial charge in [-0.1, -0.05) is 35.9 Å². The van der Waals surface area contributed by atoms with E-state index in [4.69, 9.17) is 16.3 Å². The van der Waals surface area contributed by atoms with Crippen LogP contribution >= 0.6 is 11.6 Å². The number of Topliss-reactive ketones (excluding diaryl/α,β-unsaturated/α-hetero) is 1. The molecule has 0 aliphatic carbocycles. The highest BCUT2D eigenvalue weighted by molar-refractivity contribution is 6.30. The van der Waals surface area contributed by atoms with E-state index in [0.717, 1.165) is 5.39 Å². The summed E-state index contributed by atoms with van der Waals surface area (Å²) in [5.74, 6) is 0.461. The summed E-state index contributed by atoms with van der Waals surface area (Å²) in [6, 6.07) is 16.3. The summed E-state index contributed by atoms with van der Waals surface area (Å²) in [7, 11) is 0. The van der Waals surface area contributed by atoms with Crippen LogP contribution in [0.4, 0.5) is 0 Å². The zero-order valence-corrected chi connectivity index (χ0v) is 11.9. The van der Waals surface area contributed by atoms with E-state index in [0.29, 0.717) is 21.9 Å². The first-order chi connectivity index (χ1) is 10.2. The maximum Gasteiger partial charge on any atom is 0.202 e. The van der Waals surface area contributed by atoms with E-state index in [2.05, 4.69) is 4.98 Å². The van der Waals surface area contributed by atoms with Gasteiger partial charge in [-0.05, 0) is 30.3 Å². The third-order valence-corrected chi connectivity index (χ3v) is 3.33. The first kappa shape index (κ1) is 13.6. The molecule has 0 saturated carbocycles. The summed E-state index contributed by atoms with van der Waals surface area (Å²) in [5, 5.41) is 1.51. The molecule has 3 rings (SSSR count). The van der Waals surface area contributed by atoms with Crippen molar-refractivity contribution < 1.29 is 9.53 Å². The van der Waals surface area contributed by atoms with Gasteiger partial charge in [-0.2, -0.15) is 0 Å². The Morgan fingerprint density at radius 2 is 1.90 bits per heavy atom. The van der Waals surface area contributed by atoms with Crippen molar-refractivity contribution in [1.29, 1.82) is 0 Å². The van der Waals surface area contributed by atoms with Gasteiger partial charge in [0.05, 0.1) is 5.52 Å². The highest BCUT2D eigenvalue weighted by Gasteiger charge is 2.11. The number of carbonyl (C=O) groups is 1. The number of hydrogen-bond acceptors (Lipinski definition) is 3. The Labute approximate surface area is 127 Å². The number of pyridine rings is 1. The fourth-order valence-corrected chi connectivity index (χ4v) is 2.29. The van der Waals surface area contributed by atoms with Crippen molar-refractivity contribution in [3.05, 3.63) is 71.4 Å². The van der Waals surface area contributed by atoms with Gasteiger partial charge < -0.3 is 4.74 Å². The number of ketones is 1. The first-order valence-electron chi connectivity index (χ1n) is 6.49. The van der Waals surface area contributed by atoms with Crippen LogP contribution in [-0.2, 0) is 0 Å². The van der Waals surface area contributed by atoms with Crippen molar-refractivity contribution in [3.8, 4) is 5.75 Å². The molecular formula is C17H12ClNO2. The maximum atomic E-state index is 12.3. The molecule has 0 atom stereocenters. The molecule has 0 aliphatic heterocycles. The molecule has 0 spiro atoms. The van der Waals surface area contributed by atoms with Crippen LogP contribution in [0.15, 0.2) is 60.8 Å². The third kappa shape index (κ3) is 3.03. The van der Waals surface area contributed by atoms with Gasteiger partial charge in [-0.15, -0.1) is 0 Å². The molecular weight excluding hydrogens is 286 g/mol. The molecule has 4 heteroatoms. The van der Waals surface area contributed by atoms with Crippen LogP contribution < -0.4 is 4.74 Å². The molecule has 1 heterocycles. The Hall–Kier alpha value is -2.39. The minimum atomic E-state index is -0.112. The molecule has 3 aromatic rings. The minimum Gasteiger partial charge on any atom is -0.485 e. The monoisotopic (exact) mass is 297 g/mol. The predicted octanol–water partition coefficient (Wildman–Crippen LogP) is 4.15. The Kier molecular flexibility index (Phi) is 3.84. The van der Waals surface area contributed by atoms with Crippen molar-refractivity contribution in [2.75, 3.05) is 6.61 Å². The van der Waals surface area contributed by atoms with Gasteiger partial charge in [0.25, 0.3) is 0 Å². The van der Waals surface area contributed by atoms with Crippen LogP contribution in [0.3, 0.4) is 0 Å². The minimum absolute atomic E-state index is 0.0456. The van der Waals surface area contributed by atoms with Crippen molar-refractivity contribution in [1.82, 2.24) is 4.98 Å². The lowest BCUT2D eigenvalue weighted by molar-refractivity contribution is 0.0923.